The van der Waals surface area contributed by atoms with E-state index in [1.54, 1.807) is 6.92 Å². The molecule has 0 spiro atoms. The number of hydrogen-bond acceptors (Lipinski definition) is 6. The maximum atomic E-state index is 12.1. The lowest BCUT2D eigenvalue weighted by atomic mass is 9.97. The molecule has 1 aliphatic rings. The Morgan fingerprint density at radius 2 is 2.00 bits per heavy atom. The molecule has 6 nitrogen and oxygen atoms in total. The van der Waals surface area contributed by atoms with Crippen molar-refractivity contribution in [1.82, 2.24) is 4.98 Å². The number of anilines is 1. The van der Waals surface area contributed by atoms with Crippen molar-refractivity contribution >= 4 is 28.9 Å². The average Bonchev–Trinajstić information content (AvgIpc) is 2.98. The lowest BCUT2D eigenvalue weighted by molar-refractivity contribution is -0.158. The summed E-state index contributed by atoms with van der Waals surface area (Å²) in [7, 11) is 0. The predicted octanol–water partition coefficient (Wildman–Crippen LogP) is 2.56. The molecule has 1 fully saturated rings. The largest absolute Gasteiger partial charge is 0.454 e. The number of carbonyl (C=O) groups is 2. The van der Waals surface area contributed by atoms with Gasteiger partial charge in [-0.05, 0) is 38.8 Å². The molecule has 1 aromatic carbocycles. The molecule has 0 aliphatic carbocycles. The Kier molecular flexibility index (Phi) is 4.32. The third-order valence-electron chi connectivity index (χ3n) is 4.25. The summed E-state index contributed by atoms with van der Waals surface area (Å²) in [6.07, 6.45) is 0.669. The van der Waals surface area contributed by atoms with Gasteiger partial charge in [-0.3, -0.25) is 9.59 Å². The van der Waals surface area contributed by atoms with Crippen molar-refractivity contribution in [2.24, 2.45) is 5.92 Å². The van der Waals surface area contributed by atoms with Crippen molar-refractivity contribution in [1.29, 1.82) is 0 Å². The van der Waals surface area contributed by atoms with Gasteiger partial charge in [-0.15, -0.1) is 0 Å². The minimum Gasteiger partial charge on any atom is -0.454 e. The van der Waals surface area contributed by atoms with Crippen LogP contribution in [0.2, 0.25) is 0 Å². The molecular formula is C17H20N2O4. The van der Waals surface area contributed by atoms with Crippen LogP contribution in [-0.4, -0.2) is 35.9 Å². The van der Waals surface area contributed by atoms with Gasteiger partial charge in [-0.2, -0.15) is 4.98 Å². The Morgan fingerprint density at radius 1 is 1.30 bits per heavy atom. The zero-order chi connectivity index (χ0) is 16.4. The van der Waals surface area contributed by atoms with Crippen LogP contribution in [0.15, 0.2) is 28.7 Å². The van der Waals surface area contributed by atoms with Crippen LogP contribution < -0.4 is 4.90 Å². The fourth-order valence-electron chi connectivity index (χ4n) is 2.66. The Bertz CT molecular complexity index is 683. The first-order valence-electron chi connectivity index (χ1n) is 7.86. The van der Waals surface area contributed by atoms with E-state index in [9.17, 15) is 9.59 Å². The van der Waals surface area contributed by atoms with Gasteiger partial charge >= 0.3 is 5.97 Å². The van der Waals surface area contributed by atoms with E-state index >= 15 is 0 Å². The first-order chi connectivity index (χ1) is 11.0. The lowest BCUT2D eigenvalue weighted by Crippen LogP contribution is -2.38. The number of rotatable bonds is 4. The van der Waals surface area contributed by atoms with E-state index in [2.05, 4.69) is 4.98 Å². The highest BCUT2D eigenvalue weighted by molar-refractivity contribution is 5.83. The summed E-state index contributed by atoms with van der Waals surface area (Å²) < 4.78 is 10.9. The van der Waals surface area contributed by atoms with Gasteiger partial charge in [0, 0.05) is 13.1 Å². The number of benzene rings is 1. The third-order valence-corrected chi connectivity index (χ3v) is 4.25. The maximum absolute atomic E-state index is 12.1. The monoisotopic (exact) mass is 316 g/mol. The summed E-state index contributed by atoms with van der Waals surface area (Å²) >= 11 is 0. The average molecular weight is 316 g/mol. The van der Waals surface area contributed by atoms with Crippen molar-refractivity contribution < 1.29 is 18.7 Å². The van der Waals surface area contributed by atoms with Crippen molar-refractivity contribution in [3.8, 4) is 0 Å². The van der Waals surface area contributed by atoms with Crippen LogP contribution in [0.25, 0.3) is 11.1 Å². The number of hydrogen-bond donors (Lipinski definition) is 0. The van der Waals surface area contributed by atoms with Crippen LogP contribution in [-0.2, 0) is 14.3 Å². The van der Waals surface area contributed by atoms with E-state index in [-0.39, 0.29) is 17.7 Å². The summed E-state index contributed by atoms with van der Waals surface area (Å²) in [5.74, 6) is -0.593. The van der Waals surface area contributed by atoms with Crippen molar-refractivity contribution in [3.63, 3.8) is 0 Å². The number of carbonyl (C=O) groups excluding carboxylic acids is 2. The topological polar surface area (TPSA) is 72.6 Å². The van der Waals surface area contributed by atoms with Crippen LogP contribution >= 0.6 is 0 Å². The normalized spacial score (nSPS) is 17.2. The summed E-state index contributed by atoms with van der Waals surface area (Å²) in [6, 6.07) is 8.23. The molecule has 0 amide bonds. The second-order valence-electron chi connectivity index (χ2n) is 5.92. The quantitative estimate of drug-likeness (QED) is 0.807. The Labute approximate surface area is 134 Å². The summed E-state index contributed by atoms with van der Waals surface area (Å²) in [5, 5.41) is 0. The molecule has 3 rings (SSSR count). The predicted molar refractivity (Wildman–Crippen MR) is 85.2 cm³/mol. The highest BCUT2D eigenvalue weighted by Crippen LogP contribution is 2.27. The molecule has 6 heteroatoms. The number of fused-ring (bicyclic) bond motifs is 1. The Balaban J connectivity index is 1.59. The van der Waals surface area contributed by atoms with Gasteiger partial charge in [0.25, 0.3) is 6.01 Å². The first kappa shape index (κ1) is 15.5. The van der Waals surface area contributed by atoms with Gasteiger partial charge in [0.15, 0.2) is 17.5 Å². The van der Waals surface area contributed by atoms with Gasteiger partial charge in [0.2, 0.25) is 0 Å². The van der Waals surface area contributed by atoms with Gasteiger partial charge in [-0.25, -0.2) is 0 Å². The maximum Gasteiger partial charge on any atom is 0.309 e. The Morgan fingerprint density at radius 3 is 2.65 bits per heavy atom. The van der Waals surface area contributed by atoms with Gasteiger partial charge < -0.3 is 14.1 Å². The summed E-state index contributed by atoms with van der Waals surface area (Å²) in [6.45, 7) is 4.39. The standard InChI is InChI=1S/C17H20N2O4/c1-11(20)12(2)22-16(21)13-7-9-19(10-8-13)17-18-14-5-3-4-6-15(14)23-17/h3-6,12-13H,7-10H2,1-2H3/t12-/m1/s1. The van der Waals surface area contributed by atoms with Crippen LogP contribution in [0.5, 0.6) is 0 Å². The van der Waals surface area contributed by atoms with Crippen LogP contribution in [0, 0.1) is 5.92 Å². The molecule has 0 N–H and O–H groups in total. The van der Waals surface area contributed by atoms with Crippen LogP contribution in [0.1, 0.15) is 26.7 Å². The molecule has 0 radical (unpaired) electrons. The van der Waals surface area contributed by atoms with Gasteiger partial charge in [0.05, 0.1) is 5.92 Å². The minimum atomic E-state index is -0.669. The first-order valence-corrected chi connectivity index (χ1v) is 7.86. The van der Waals surface area contributed by atoms with Crippen LogP contribution in [0.3, 0.4) is 0 Å². The Hall–Kier alpha value is -2.37. The molecule has 1 atom stereocenters. The molecule has 0 bridgehead atoms. The molecule has 23 heavy (non-hydrogen) atoms. The fourth-order valence-corrected chi connectivity index (χ4v) is 2.66. The zero-order valence-electron chi connectivity index (χ0n) is 13.3. The van der Waals surface area contributed by atoms with Crippen molar-refractivity contribution in [2.45, 2.75) is 32.8 Å². The molecule has 2 aromatic rings. The zero-order valence-corrected chi connectivity index (χ0v) is 13.3. The van der Waals surface area contributed by atoms with Gasteiger partial charge in [0.1, 0.15) is 5.52 Å². The number of Topliss-reactive ketones (excluding diaryl/α,β-unsaturated/α-hetero) is 1. The van der Waals surface area contributed by atoms with E-state index < -0.39 is 6.10 Å². The second-order valence-corrected chi connectivity index (χ2v) is 5.92. The highest BCUT2D eigenvalue weighted by atomic mass is 16.5. The molecule has 1 aromatic heterocycles. The van der Waals surface area contributed by atoms with Gasteiger partial charge in [-0.1, -0.05) is 12.1 Å². The number of ketones is 1. The number of aromatic nitrogens is 1. The molecule has 2 heterocycles. The number of para-hydroxylation sites is 2. The third kappa shape index (κ3) is 3.36. The van der Waals surface area contributed by atoms with E-state index in [1.165, 1.54) is 6.92 Å². The highest BCUT2D eigenvalue weighted by Gasteiger charge is 2.29. The van der Waals surface area contributed by atoms with E-state index in [0.29, 0.717) is 31.9 Å². The van der Waals surface area contributed by atoms with E-state index in [0.717, 1.165) is 11.1 Å². The molecular weight excluding hydrogens is 296 g/mol. The van der Waals surface area contributed by atoms with Crippen molar-refractivity contribution in [3.05, 3.63) is 24.3 Å². The summed E-state index contributed by atoms with van der Waals surface area (Å²) in [4.78, 5) is 29.8. The molecule has 0 unspecified atom stereocenters. The minimum absolute atomic E-state index is 0.137. The lowest BCUT2D eigenvalue weighted by Gasteiger charge is -2.30. The number of nitrogens with zero attached hydrogens (tertiary/aromatic N) is 2. The molecule has 0 saturated carbocycles. The van der Waals surface area contributed by atoms with E-state index in [4.69, 9.17) is 9.15 Å². The second kappa shape index (κ2) is 6.40. The number of esters is 1. The van der Waals surface area contributed by atoms with Crippen LogP contribution in [0.4, 0.5) is 6.01 Å². The molecule has 1 aliphatic heterocycles. The fraction of sp³-hybridized carbons (Fsp3) is 0.471. The SMILES string of the molecule is CC(=O)[C@@H](C)OC(=O)C1CCN(c2nc3ccccc3o2)CC1. The molecule has 1 saturated heterocycles. The number of ether oxygens (including phenoxy) is 1. The number of piperidine rings is 1. The smallest absolute Gasteiger partial charge is 0.309 e. The molecule has 122 valence electrons. The summed E-state index contributed by atoms with van der Waals surface area (Å²) in [5.41, 5.74) is 1.60. The number of oxazole rings is 1. The van der Waals surface area contributed by atoms with Crippen molar-refractivity contribution in [2.75, 3.05) is 18.0 Å². The van der Waals surface area contributed by atoms with E-state index in [1.807, 2.05) is 29.2 Å².